The van der Waals surface area contributed by atoms with E-state index in [2.05, 4.69) is 16.1 Å². The Hall–Kier alpha value is -2.39. The van der Waals surface area contributed by atoms with Crippen LogP contribution in [-0.4, -0.2) is 41.3 Å². The van der Waals surface area contributed by atoms with Crippen molar-refractivity contribution in [1.82, 2.24) is 4.90 Å². The summed E-state index contributed by atoms with van der Waals surface area (Å²) in [5.74, 6) is 2.46. The number of hydrogen-bond acceptors (Lipinski definition) is 5. The van der Waals surface area contributed by atoms with Crippen LogP contribution in [0.25, 0.3) is 0 Å². The van der Waals surface area contributed by atoms with Crippen molar-refractivity contribution < 1.29 is 9.72 Å². The minimum Gasteiger partial charge on any atom is -0.377 e. The number of carbonyl (C=O) groups excluding carboxylic acids is 1. The van der Waals surface area contributed by atoms with Crippen LogP contribution in [0.5, 0.6) is 0 Å². The number of likely N-dealkylation sites (tertiary alicyclic amines) is 1. The zero-order valence-electron chi connectivity index (χ0n) is 13.2. The number of hydrogen-bond donors (Lipinski definition) is 1. The molecule has 0 amide bonds. The third-order valence-corrected chi connectivity index (χ3v) is 4.12. The van der Waals surface area contributed by atoms with Gasteiger partial charge in [0.25, 0.3) is 5.69 Å². The molecule has 1 fully saturated rings. The first-order chi connectivity index (χ1) is 11.0. The van der Waals surface area contributed by atoms with Gasteiger partial charge >= 0.3 is 0 Å². The maximum Gasteiger partial charge on any atom is 0.293 e. The number of anilines is 1. The van der Waals surface area contributed by atoms with Crippen molar-refractivity contribution in [3.63, 3.8) is 0 Å². The SMILES string of the molecule is C#CCCN1CCC(Nc2ccc(C(C)=O)cc2[N+](=O)[O-])CC1. The molecule has 1 aliphatic rings. The van der Waals surface area contributed by atoms with Gasteiger partial charge in [0.05, 0.1) is 4.92 Å². The van der Waals surface area contributed by atoms with Gasteiger partial charge in [0.2, 0.25) is 0 Å². The van der Waals surface area contributed by atoms with Crippen LogP contribution in [-0.2, 0) is 0 Å². The number of Topliss-reactive ketones (excluding diaryl/α,β-unsaturated/α-hetero) is 1. The Morgan fingerprint density at radius 1 is 1.48 bits per heavy atom. The summed E-state index contributed by atoms with van der Waals surface area (Å²) in [6.45, 7) is 4.16. The second-order valence-electron chi connectivity index (χ2n) is 5.76. The number of terminal acetylenes is 1. The molecule has 0 unspecified atom stereocenters. The summed E-state index contributed by atoms with van der Waals surface area (Å²) in [6.07, 6.45) is 7.85. The lowest BCUT2D eigenvalue weighted by atomic mass is 10.0. The molecule has 6 heteroatoms. The first-order valence-corrected chi connectivity index (χ1v) is 7.73. The highest BCUT2D eigenvalue weighted by Crippen LogP contribution is 2.28. The first-order valence-electron chi connectivity index (χ1n) is 7.73. The van der Waals surface area contributed by atoms with Crippen molar-refractivity contribution in [2.75, 3.05) is 25.0 Å². The molecule has 1 aromatic carbocycles. The topological polar surface area (TPSA) is 75.5 Å². The summed E-state index contributed by atoms with van der Waals surface area (Å²) in [5, 5.41) is 14.5. The lowest BCUT2D eigenvalue weighted by Crippen LogP contribution is -2.39. The van der Waals surface area contributed by atoms with E-state index in [1.54, 1.807) is 12.1 Å². The molecular weight excluding hydrogens is 294 g/mol. The highest BCUT2D eigenvalue weighted by molar-refractivity contribution is 5.95. The van der Waals surface area contributed by atoms with E-state index in [9.17, 15) is 14.9 Å². The van der Waals surface area contributed by atoms with Crippen molar-refractivity contribution in [2.45, 2.75) is 32.2 Å². The maximum absolute atomic E-state index is 11.4. The first kappa shape index (κ1) is 17.0. The quantitative estimate of drug-likeness (QED) is 0.378. The largest absolute Gasteiger partial charge is 0.377 e. The lowest BCUT2D eigenvalue weighted by molar-refractivity contribution is -0.384. The summed E-state index contributed by atoms with van der Waals surface area (Å²) in [5.41, 5.74) is 0.779. The Bertz CT molecular complexity index is 628. The average Bonchev–Trinajstić information content (AvgIpc) is 2.54. The van der Waals surface area contributed by atoms with Gasteiger partial charge in [0.1, 0.15) is 5.69 Å². The Morgan fingerprint density at radius 2 is 2.17 bits per heavy atom. The molecule has 0 bridgehead atoms. The van der Waals surface area contributed by atoms with Crippen molar-refractivity contribution >= 4 is 17.2 Å². The minimum absolute atomic E-state index is 0.0486. The van der Waals surface area contributed by atoms with E-state index >= 15 is 0 Å². The van der Waals surface area contributed by atoms with Crippen molar-refractivity contribution in [2.24, 2.45) is 0 Å². The summed E-state index contributed by atoms with van der Waals surface area (Å²) in [7, 11) is 0. The van der Waals surface area contributed by atoms with Gasteiger partial charge in [-0.2, -0.15) is 0 Å². The lowest BCUT2D eigenvalue weighted by Gasteiger charge is -2.32. The second-order valence-corrected chi connectivity index (χ2v) is 5.76. The summed E-state index contributed by atoms with van der Waals surface area (Å²) < 4.78 is 0. The zero-order valence-corrected chi connectivity index (χ0v) is 13.2. The minimum atomic E-state index is -0.448. The van der Waals surface area contributed by atoms with Gasteiger partial charge in [0, 0.05) is 43.7 Å². The maximum atomic E-state index is 11.4. The number of ketones is 1. The molecule has 0 spiro atoms. The van der Waals surface area contributed by atoms with E-state index in [4.69, 9.17) is 6.42 Å². The van der Waals surface area contributed by atoms with E-state index < -0.39 is 4.92 Å². The van der Waals surface area contributed by atoms with Gasteiger partial charge in [-0.15, -0.1) is 12.3 Å². The van der Waals surface area contributed by atoms with Gasteiger partial charge in [-0.3, -0.25) is 14.9 Å². The van der Waals surface area contributed by atoms with Crippen molar-refractivity contribution in [3.05, 3.63) is 33.9 Å². The standard InChI is InChI=1S/C17H21N3O3/c1-3-4-9-19-10-7-15(8-11-19)18-16-6-5-14(13(2)21)12-17(16)20(22)23/h1,5-6,12,15,18H,4,7-11H2,2H3. The molecule has 0 atom stereocenters. The van der Waals surface area contributed by atoms with Gasteiger partial charge in [-0.25, -0.2) is 0 Å². The molecule has 23 heavy (non-hydrogen) atoms. The fraction of sp³-hybridized carbons (Fsp3) is 0.471. The van der Waals surface area contributed by atoms with Crippen LogP contribution in [0.15, 0.2) is 18.2 Å². The summed E-state index contributed by atoms with van der Waals surface area (Å²) >= 11 is 0. The van der Waals surface area contributed by atoms with Crippen LogP contribution < -0.4 is 5.32 Å². The van der Waals surface area contributed by atoms with E-state index in [1.165, 1.54) is 13.0 Å². The Balaban J connectivity index is 2.02. The van der Waals surface area contributed by atoms with Crippen LogP contribution in [0, 0.1) is 22.5 Å². The number of rotatable bonds is 6. The molecule has 1 heterocycles. The fourth-order valence-corrected chi connectivity index (χ4v) is 2.77. The normalized spacial score (nSPS) is 15.8. The molecule has 0 aromatic heterocycles. The number of nitrogens with zero attached hydrogens (tertiary/aromatic N) is 2. The Labute approximate surface area is 136 Å². The number of piperidine rings is 1. The number of benzene rings is 1. The van der Waals surface area contributed by atoms with Gasteiger partial charge < -0.3 is 10.2 Å². The van der Waals surface area contributed by atoms with Crippen molar-refractivity contribution in [3.8, 4) is 12.3 Å². The third kappa shape index (κ3) is 4.54. The second kappa shape index (κ2) is 7.75. The molecule has 0 radical (unpaired) electrons. The number of nitro groups is 1. The highest BCUT2D eigenvalue weighted by atomic mass is 16.6. The molecule has 122 valence electrons. The van der Waals surface area contributed by atoms with E-state index in [0.29, 0.717) is 11.3 Å². The van der Waals surface area contributed by atoms with E-state index in [-0.39, 0.29) is 17.5 Å². The zero-order chi connectivity index (χ0) is 16.8. The van der Waals surface area contributed by atoms with Crippen LogP contribution in [0.3, 0.4) is 0 Å². The fourth-order valence-electron chi connectivity index (χ4n) is 2.77. The van der Waals surface area contributed by atoms with Gasteiger partial charge in [0.15, 0.2) is 5.78 Å². The molecule has 6 nitrogen and oxygen atoms in total. The van der Waals surface area contributed by atoms with Crippen LogP contribution in [0.4, 0.5) is 11.4 Å². The third-order valence-electron chi connectivity index (χ3n) is 4.12. The van der Waals surface area contributed by atoms with Gasteiger partial charge in [-0.05, 0) is 31.9 Å². The number of carbonyl (C=O) groups is 1. The molecule has 0 aliphatic carbocycles. The molecule has 1 saturated heterocycles. The average molecular weight is 315 g/mol. The van der Waals surface area contributed by atoms with Crippen LogP contribution in [0.2, 0.25) is 0 Å². The van der Waals surface area contributed by atoms with Gasteiger partial charge in [-0.1, -0.05) is 0 Å². The predicted octanol–water partition coefficient (Wildman–Crippen LogP) is 2.70. The molecule has 0 saturated carbocycles. The molecule has 2 rings (SSSR count). The number of nitrogens with one attached hydrogen (secondary N) is 1. The Kier molecular flexibility index (Phi) is 5.72. The van der Waals surface area contributed by atoms with Crippen LogP contribution in [0.1, 0.15) is 36.5 Å². The summed E-state index contributed by atoms with van der Waals surface area (Å²) in [4.78, 5) is 24.5. The molecule has 1 N–H and O–H groups in total. The van der Waals surface area contributed by atoms with E-state index in [1.807, 2.05) is 0 Å². The molecule has 1 aromatic rings. The smallest absolute Gasteiger partial charge is 0.293 e. The molecule has 1 aliphatic heterocycles. The number of nitro benzene ring substituents is 1. The summed E-state index contributed by atoms with van der Waals surface area (Å²) in [6, 6.07) is 4.78. The molecular formula is C17H21N3O3. The monoisotopic (exact) mass is 315 g/mol. The predicted molar refractivity (Wildman–Crippen MR) is 89.6 cm³/mol. The van der Waals surface area contributed by atoms with Crippen molar-refractivity contribution in [1.29, 1.82) is 0 Å². The highest BCUT2D eigenvalue weighted by Gasteiger charge is 2.22. The Morgan fingerprint density at radius 3 is 2.74 bits per heavy atom. The van der Waals surface area contributed by atoms with Crippen LogP contribution >= 0.6 is 0 Å². The van der Waals surface area contributed by atoms with E-state index in [0.717, 1.165) is 38.9 Å².